The second-order valence-electron chi connectivity index (χ2n) is 8.52. The molecule has 0 N–H and O–H groups in total. The molecule has 33 heavy (non-hydrogen) atoms. The van der Waals surface area contributed by atoms with Gasteiger partial charge in [-0.05, 0) is 48.1 Å². The SMILES string of the molecule is COc1ccccc1N1CCN(C(=O)c2sc3ccccc3c2Cc2ccc(C)cc2)CC1. The fraction of sp³-hybridized carbons (Fsp3) is 0.250. The standard InChI is InChI=1S/C28H28N2O2S/c1-20-11-13-21(14-12-20)19-23-22-7-3-6-10-26(22)33-27(23)28(31)30-17-15-29(16-18-30)24-8-4-5-9-25(24)32-2/h3-14H,15-19H2,1-2H3. The van der Waals surface area contributed by atoms with Crippen molar-refractivity contribution >= 4 is 33.0 Å². The number of ether oxygens (including phenoxy) is 1. The van der Waals surface area contributed by atoms with Crippen molar-refractivity contribution in [1.82, 2.24) is 4.90 Å². The molecule has 1 fully saturated rings. The van der Waals surface area contributed by atoms with Gasteiger partial charge in [0.15, 0.2) is 0 Å². The summed E-state index contributed by atoms with van der Waals surface area (Å²) in [7, 11) is 1.70. The van der Waals surface area contributed by atoms with E-state index in [1.807, 2.05) is 23.1 Å². The average molecular weight is 457 g/mol. The molecule has 0 aliphatic carbocycles. The summed E-state index contributed by atoms with van der Waals surface area (Å²) in [6.07, 6.45) is 0.770. The second kappa shape index (κ2) is 9.28. The zero-order chi connectivity index (χ0) is 22.8. The number of carbonyl (C=O) groups excluding carboxylic acids is 1. The molecule has 5 heteroatoms. The number of amides is 1. The van der Waals surface area contributed by atoms with Crippen LogP contribution in [0.2, 0.25) is 0 Å². The number of para-hydroxylation sites is 2. The molecule has 0 spiro atoms. The zero-order valence-electron chi connectivity index (χ0n) is 19.1. The Kier molecular flexibility index (Phi) is 6.05. The molecule has 5 rings (SSSR count). The summed E-state index contributed by atoms with van der Waals surface area (Å²) in [6.45, 7) is 5.10. The highest BCUT2D eigenvalue weighted by Gasteiger charge is 2.27. The van der Waals surface area contributed by atoms with Gasteiger partial charge in [0.25, 0.3) is 5.91 Å². The summed E-state index contributed by atoms with van der Waals surface area (Å²) in [6, 6.07) is 25.1. The lowest BCUT2D eigenvalue weighted by Crippen LogP contribution is -2.48. The maximum atomic E-state index is 13.7. The number of anilines is 1. The third-order valence-electron chi connectivity index (χ3n) is 6.39. The number of benzene rings is 3. The third-order valence-corrected chi connectivity index (χ3v) is 7.59. The monoisotopic (exact) mass is 456 g/mol. The lowest BCUT2D eigenvalue weighted by atomic mass is 10.0. The first-order valence-corrected chi connectivity index (χ1v) is 12.2. The Morgan fingerprint density at radius 1 is 0.909 bits per heavy atom. The summed E-state index contributed by atoms with van der Waals surface area (Å²) in [4.78, 5) is 18.9. The van der Waals surface area contributed by atoms with Crippen LogP contribution in [0.1, 0.15) is 26.4 Å². The maximum Gasteiger partial charge on any atom is 0.264 e. The quantitative estimate of drug-likeness (QED) is 0.382. The third kappa shape index (κ3) is 4.33. The van der Waals surface area contributed by atoms with Crippen molar-refractivity contribution in [3.8, 4) is 5.75 Å². The topological polar surface area (TPSA) is 32.8 Å². The summed E-state index contributed by atoms with van der Waals surface area (Å²) in [5, 5.41) is 1.19. The van der Waals surface area contributed by atoms with Crippen molar-refractivity contribution in [2.24, 2.45) is 0 Å². The molecular formula is C28H28N2O2S. The molecule has 1 aliphatic heterocycles. The van der Waals surface area contributed by atoms with Gasteiger partial charge in [-0.25, -0.2) is 0 Å². The van der Waals surface area contributed by atoms with Crippen LogP contribution in [-0.4, -0.2) is 44.1 Å². The van der Waals surface area contributed by atoms with Gasteiger partial charge in [-0.3, -0.25) is 4.79 Å². The van der Waals surface area contributed by atoms with E-state index >= 15 is 0 Å². The number of carbonyl (C=O) groups is 1. The van der Waals surface area contributed by atoms with Crippen molar-refractivity contribution < 1.29 is 9.53 Å². The maximum absolute atomic E-state index is 13.7. The molecule has 1 aromatic heterocycles. The first kappa shape index (κ1) is 21.5. The molecule has 4 nitrogen and oxygen atoms in total. The van der Waals surface area contributed by atoms with E-state index in [0.717, 1.165) is 41.4 Å². The van der Waals surface area contributed by atoms with Gasteiger partial charge in [0.2, 0.25) is 0 Å². The summed E-state index contributed by atoms with van der Waals surface area (Å²) >= 11 is 1.63. The molecular weight excluding hydrogens is 428 g/mol. The fourth-order valence-corrected chi connectivity index (χ4v) is 5.73. The number of hydrogen-bond donors (Lipinski definition) is 0. The Morgan fingerprint density at radius 2 is 1.61 bits per heavy atom. The van der Waals surface area contributed by atoms with Crippen molar-refractivity contribution in [3.63, 3.8) is 0 Å². The van der Waals surface area contributed by atoms with Crippen LogP contribution in [0.4, 0.5) is 5.69 Å². The summed E-state index contributed by atoms with van der Waals surface area (Å²) in [5.41, 5.74) is 4.72. The van der Waals surface area contributed by atoms with Gasteiger partial charge in [0, 0.05) is 30.9 Å². The zero-order valence-corrected chi connectivity index (χ0v) is 19.9. The highest BCUT2D eigenvalue weighted by Crippen LogP contribution is 2.35. The summed E-state index contributed by atoms with van der Waals surface area (Å²) < 4.78 is 6.71. The lowest BCUT2D eigenvalue weighted by molar-refractivity contribution is 0.0751. The van der Waals surface area contributed by atoms with Gasteiger partial charge in [-0.2, -0.15) is 0 Å². The molecule has 1 aliphatic rings. The van der Waals surface area contributed by atoms with E-state index < -0.39 is 0 Å². The Morgan fingerprint density at radius 3 is 2.36 bits per heavy atom. The van der Waals surface area contributed by atoms with E-state index in [0.29, 0.717) is 13.1 Å². The largest absolute Gasteiger partial charge is 0.495 e. The van der Waals surface area contributed by atoms with Crippen molar-refractivity contribution in [2.45, 2.75) is 13.3 Å². The van der Waals surface area contributed by atoms with Crippen LogP contribution in [0.15, 0.2) is 72.8 Å². The smallest absolute Gasteiger partial charge is 0.264 e. The van der Waals surface area contributed by atoms with Gasteiger partial charge in [0.1, 0.15) is 5.75 Å². The summed E-state index contributed by atoms with van der Waals surface area (Å²) in [5.74, 6) is 1.03. The van der Waals surface area contributed by atoms with E-state index in [2.05, 4.69) is 66.4 Å². The minimum atomic E-state index is 0.151. The number of aryl methyl sites for hydroxylation is 1. The molecule has 0 saturated carbocycles. The molecule has 0 unspecified atom stereocenters. The minimum absolute atomic E-state index is 0.151. The predicted octanol–water partition coefficient (Wildman–Crippen LogP) is 5.77. The van der Waals surface area contributed by atoms with Gasteiger partial charge in [-0.15, -0.1) is 11.3 Å². The normalized spacial score (nSPS) is 14.0. The number of thiophene rings is 1. The molecule has 1 amide bonds. The molecule has 2 heterocycles. The molecule has 0 bridgehead atoms. The van der Waals surface area contributed by atoms with E-state index in [9.17, 15) is 4.79 Å². The predicted molar refractivity (Wildman–Crippen MR) is 137 cm³/mol. The molecule has 3 aromatic carbocycles. The van der Waals surface area contributed by atoms with E-state index in [-0.39, 0.29) is 5.91 Å². The molecule has 1 saturated heterocycles. The molecule has 0 atom stereocenters. The van der Waals surface area contributed by atoms with Crippen LogP contribution < -0.4 is 9.64 Å². The van der Waals surface area contributed by atoms with Crippen molar-refractivity contribution in [2.75, 3.05) is 38.2 Å². The van der Waals surface area contributed by atoms with Gasteiger partial charge in [-0.1, -0.05) is 60.2 Å². The molecule has 168 valence electrons. The number of nitrogens with zero attached hydrogens (tertiary/aromatic N) is 2. The number of hydrogen-bond acceptors (Lipinski definition) is 4. The highest BCUT2D eigenvalue weighted by atomic mass is 32.1. The van der Waals surface area contributed by atoms with Crippen LogP contribution in [0.3, 0.4) is 0 Å². The number of rotatable bonds is 5. The highest BCUT2D eigenvalue weighted by molar-refractivity contribution is 7.21. The van der Waals surface area contributed by atoms with Gasteiger partial charge >= 0.3 is 0 Å². The lowest BCUT2D eigenvalue weighted by Gasteiger charge is -2.36. The first-order valence-electron chi connectivity index (χ1n) is 11.4. The number of fused-ring (bicyclic) bond motifs is 1. The number of piperazine rings is 1. The van der Waals surface area contributed by atoms with Crippen molar-refractivity contribution in [3.05, 3.63) is 94.4 Å². The van der Waals surface area contributed by atoms with Crippen LogP contribution in [0.25, 0.3) is 10.1 Å². The van der Waals surface area contributed by atoms with Crippen LogP contribution >= 0.6 is 11.3 Å². The molecule has 0 radical (unpaired) electrons. The Bertz CT molecular complexity index is 1270. The van der Waals surface area contributed by atoms with Crippen molar-refractivity contribution in [1.29, 1.82) is 0 Å². The van der Waals surface area contributed by atoms with E-state index in [1.165, 1.54) is 21.2 Å². The van der Waals surface area contributed by atoms with E-state index in [1.54, 1.807) is 18.4 Å². The molecule has 4 aromatic rings. The fourth-order valence-electron chi connectivity index (χ4n) is 4.54. The van der Waals surface area contributed by atoms with Crippen LogP contribution in [-0.2, 0) is 6.42 Å². The average Bonchev–Trinajstić information content (AvgIpc) is 3.23. The van der Waals surface area contributed by atoms with Crippen LogP contribution in [0.5, 0.6) is 5.75 Å². The Balaban J connectivity index is 1.39. The minimum Gasteiger partial charge on any atom is -0.495 e. The Labute approximate surface area is 199 Å². The number of methoxy groups -OCH3 is 1. The second-order valence-corrected chi connectivity index (χ2v) is 9.57. The van der Waals surface area contributed by atoms with E-state index in [4.69, 9.17) is 4.74 Å². The van der Waals surface area contributed by atoms with Gasteiger partial charge < -0.3 is 14.5 Å². The van der Waals surface area contributed by atoms with Crippen LogP contribution in [0, 0.1) is 6.92 Å². The van der Waals surface area contributed by atoms with Gasteiger partial charge in [0.05, 0.1) is 17.7 Å². The first-order chi connectivity index (χ1) is 16.1. The Hall–Kier alpha value is -3.31.